The number of nitrogens with zero attached hydrogens (tertiary/aromatic N) is 5. The average Bonchev–Trinajstić information content (AvgIpc) is 3.26. The fourth-order valence-corrected chi connectivity index (χ4v) is 4.71. The number of carbonyl (C=O) groups is 2. The lowest BCUT2D eigenvalue weighted by Gasteiger charge is -2.12. The molecule has 0 spiro atoms. The molecule has 1 aliphatic heterocycles. The third-order valence-electron chi connectivity index (χ3n) is 5.76. The SMILES string of the molecule is N#Cc1ccc(-c2ccccc2CNc2nc(NC3CC3)n3ncc(/C=C4\NC(=O)NC4=O)c3n2)s1. The number of benzene rings is 1. The largest absolute Gasteiger partial charge is 0.351 e. The Morgan fingerprint density at radius 2 is 2.03 bits per heavy atom. The van der Waals surface area contributed by atoms with Crippen LogP contribution in [0.2, 0.25) is 0 Å². The number of aromatic nitrogens is 4. The Bertz CT molecular complexity index is 1590. The van der Waals surface area contributed by atoms with Gasteiger partial charge >= 0.3 is 6.03 Å². The summed E-state index contributed by atoms with van der Waals surface area (Å²) in [6, 6.07) is 13.7. The van der Waals surface area contributed by atoms with Crippen molar-refractivity contribution in [2.24, 2.45) is 0 Å². The van der Waals surface area contributed by atoms with E-state index in [2.05, 4.69) is 42.4 Å². The topological polar surface area (TPSA) is 149 Å². The molecule has 1 saturated carbocycles. The number of amides is 3. The maximum Gasteiger partial charge on any atom is 0.326 e. The summed E-state index contributed by atoms with van der Waals surface area (Å²) in [7, 11) is 0. The average molecular weight is 498 g/mol. The van der Waals surface area contributed by atoms with Crippen LogP contribution in [-0.2, 0) is 11.3 Å². The number of anilines is 2. The van der Waals surface area contributed by atoms with Crippen molar-refractivity contribution < 1.29 is 9.59 Å². The number of hydrogen-bond donors (Lipinski definition) is 4. The van der Waals surface area contributed by atoms with E-state index in [4.69, 9.17) is 0 Å². The Kier molecular flexibility index (Phi) is 5.31. The lowest BCUT2D eigenvalue weighted by Crippen LogP contribution is -2.22. The molecule has 1 aliphatic carbocycles. The van der Waals surface area contributed by atoms with Crippen LogP contribution < -0.4 is 21.3 Å². The van der Waals surface area contributed by atoms with Crippen molar-refractivity contribution in [3.8, 4) is 16.5 Å². The van der Waals surface area contributed by atoms with Gasteiger partial charge in [-0.1, -0.05) is 24.3 Å². The number of thiophene rings is 1. The molecule has 178 valence electrons. The van der Waals surface area contributed by atoms with Gasteiger partial charge in [-0.25, -0.2) is 4.79 Å². The van der Waals surface area contributed by atoms with Gasteiger partial charge in [-0.2, -0.15) is 24.8 Å². The van der Waals surface area contributed by atoms with Crippen LogP contribution in [-0.4, -0.2) is 37.6 Å². The van der Waals surface area contributed by atoms with Crippen LogP contribution in [0.5, 0.6) is 0 Å². The van der Waals surface area contributed by atoms with E-state index in [1.165, 1.54) is 11.3 Å². The van der Waals surface area contributed by atoms with E-state index in [-0.39, 0.29) is 5.70 Å². The Labute approximate surface area is 208 Å². The van der Waals surface area contributed by atoms with Gasteiger partial charge in [0.1, 0.15) is 16.6 Å². The van der Waals surface area contributed by atoms with Crippen LogP contribution in [0.15, 0.2) is 48.3 Å². The van der Waals surface area contributed by atoms with Gasteiger partial charge in [-0.05, 0) is 42.2 Å². The van der Waals surface area contributed by atoms with E-state index < -0.39 is 11.9 Å². The number of rotatable bonds is 7. The molecule has 12 heteroatoms. The Morgan fingerprint density at radius 3 is 2.78 bits per heavy atom. The van der Waals surface area contributed by atoms with Crippen LogP contribution in [0.3, 0.4) is 0 Å². The van der Waals surface area contributed by atoms with Crippen molar-refractivity contribution in [2.45, 2.75) is 25.4 Å². The molecule has 6 rings (SSSR count). The summed E-state index contributed by atoms with van der Waals surface area (Å²) < 4.78 is 1.59. The van der Waals surface area contributed by atoms with E-state index in [1.54, 1.807) is 16.8 Å². The minimum Gasteiger partial charge on any atom is -0.351 e. The number of hydrogen-bond acceptors (Lipinski definition) is 9. The zero-order valence-corrected chi connectivity index (χ0v) is 19.6. The number of fused-ring (bicyclic) bond motifs is 1. The minimum atomic E-state index is -0.568. The van der Waals surface area contributed by atoms with E-state index in [0.717, 1.165) is 28.8 Å². The second-order valence-corrected chi connectivity index (χ2v) is 9.46. The van der Waals surface area contributed by atoms with Crippen molar-refractivity contribution in [1.82, 2.24) is 30.2 Å². The molecule has 0 atom stereocenters. The second kappa shape index (κ2) is 8.79. The van der Waals surface area contributed by atoms with Crippen LogP contribution in [0.1, 0.15) is 28.8 Å². The molecule has 2 aliphatic rings. The third-order valence-corrected chi connectivity index (χ3v) is 6.78. The second-order valence-electron chi connectivity index (χ2n) is 8.38. The number of nitriles is 1. The van der Waals surface area contributed by atoms with E-state index >= 15 is 0 Å². The lowest BCUT2D eigenvalue weighted by atomic mass is 10.1. The van der Waals surface area contributed by atoms with E-state index in [9.17, 15) is 14.9 Å². The molecule has 3 aromatic heterocycles. The molecule has 3 amide bonds. The van der Waals surface area contributed by atoms with Gasteiger partial charge in [0.15, 0.2) is 5.65 Å². The smallest absolute Gasteiger partial charge is 0.326 e. The summed E-state index contributed by atoms with van der Waals surface area (Å²) >= 11 is 1.45. The fraction of sp³-hybridized carbons (Fsp3) is 0.167. The number of imide groups is 1. The molecule has 0 bridgehead atoms. The first-order valence-corrected chi connectivity index (χ1v) is 12.1. The molecule has 1 saturated heterocycles. The van der Waals surface area contributed by atoms with Gasteiger partial charge < -0.3 is 16.0 Å². The molecule has 4 N–H and O–H groups in total. The van der Waals surface area contributed by atoms with E-state index in [0.29, 0.717) is 40.6 Å². The highest BCUT2D eigenvalue weighted by Gasteiger charge is 2.26. The van der Waals surface area contributed by atoms with Crippen molar-refractivity contribution >= 4 is 46.9 Å². The maximum atomic E-state index is 12.0. The number of nitrogens with one attached hydrogen (secondary N) is 4. The highest BCUT2D eigenvalue weighted by atomic mass is 32.1. The van der Waals surface area contributed by atoms with Gasteiger partial charge in [-0.15, -0.1) is 11.3 Å². The molecular formula is C24H19N9O2S. The molecule has 36 heavy (non-hydrogen) atoms. The summed E-state index contributed by atoms with van der Waals surface area (Å²) in [5.74, 6) is 0.428. The Balaban J connectivity index is 1.33. The van der Waals surface area contributed by atoms with Crippen LogP contribution in [0, 0.1) is 11.3 Å². The first-order valence-electron chi connectivity index (χ1n) is 11.3. The van der Waals surface area contributed by atoms with Crippen LogP contribution in [0.25, 0.3) is 22.2 Å². The standard InChI is InChI=1S/C24H19N9O2S/c25-10-16-7-8-19(36-16)17-4-2-1-3-13(17)11-26-22-30-20-14(9-18-21(34)31-24(35)29-18)12-27-33(20)23(32-22)28-15-5-6-15/h1-4,7-9,12,15H,5-6,11H2,(H2,26,28,30,32)(H2,29,31,34,35)/b18-9-. The van der Waals surface area contributed by atoms with Crippen LogP contribution >= 0.6 is 11.3 Å². The van der Waals surface area contributed by atoms with Crippen molar-refractivity contribution in [1.29, 1.82) is 5.26 Å². The highest BCUT2D eigenvalue weighted by Crippen LogP contribution is 2.31. The molecular weight excluding hydrogens is 478 g/mol. The zero-order valence-electron chi connectivity index (χ0n) is 18.8. The predicted octanol–water partition coefficient (Wildman–Crippen LogP) is 3.09. The van der Waals surface area contributed by atoms with Crippen LogP contribution in [0.4, 0.5) is 16.7 Å². The zero-order chi connectivity index (χ0) is 24.6. The summed E-state index contributed by atoms with van der Waals surface area (Å²) in [5.41, 5.74) is 3.25. The van der Waals surface area contributed by atoms with Gasteiger partial charge in [-0.3, -0.25) is 10.1 Å². The minimum absolute atomic E-state index is 0.126. The van der Waals surface area contributed by atoms with Crippen molar-refractivity contribution in [3.05, 3.63) is 64.3 Å². The predicted molar refractivity (Wildman–Crippen MR) is 134 cm³/mol. The molecule has 1 aromatic carbocycles. The number of carbonyl (C=O) groups excluding carboxylic acids is 2. The molecule has 2 fully saturated rings. The fourth-order valence-electron chi connectivity index (χ4n) is 3.85. The molecule has 0 radical (unpaired) electrons. The summed E-state index contributed by atoms with van der Waals surface area (Å²) in [6.07, 6.45) is 5.23. The number of urea groups is 1. The Hall–Kier alpha value is -4.76. The molecule has 4 aromatic rings. The van der Waals surface area contributed by atoms with Crippen molar-refractivity contribution in [2.75, 3.05) is 10.6 Å². The van der Waals surface area contributed by atoms with Gasteiger partial charge in [0.25, 0.3) is 5.91 Å². The summed E-state index contributed by atoms with van der Waals surface area (Å²) in [4.78, 5) is 34.5. The first kappa shape index (κ1) is 21.8. The molecule has 0 unspecified atom stereocenters. The summed E-state index contributed by atoms with van der Waals surface area (Å²) in [5, 5.41) is 24.9. The third kappa shape index (κ3) is 4.23. The lowest BCUT2D eigenvalue weighted by molar-refractivity contribution is -0.115. The normalized spacial score (nSPS) is 16.1. The Morgan fingerprint density at radius 1 is 1.17 bits per heavy atom. The first-order chi connectivity index (χ1) is 17.6. The highest BCUT2D eigenvalue weighted by molar-refractivity contribution is 7.16. The summed E-state index contributed by atoms with van der Waals surface area (Å²) in [6.45, 7) is 0.456. The monoisotopic (exact) mass is 497 g/mol. The molecule has 11 nitrogen and oxygen atoms in total. The van der Waals surface area contributed by atoms with Gasteiger partial charge in [0.05, 0.1) is 6.20 Å². The van der Waals surface area contributed by atoms with E-state index in [1.807, 2.05) is 36.4 Å². The van der Waals surface area contributed by atoms with Gasteiger partial charge in [0, 0.05) is 23.0 Å². The maximum absolute atomic E-state index is 12.0. The van der Waals surface area contributed by atoms with Gasteiger partial charge in [0.2, 0.25) is 11.9 Å². The quantitative estimate of drug-likeness (QED) is 0.225. The van der Waals surface area contributed by atoms with Crippen molar-refractivity contribution in [3.63, 3.8) is 0 Å². The molecule has 4 heterocycles.